The maximum atomic E-state index is 5.91. The van der Waals surface area contributed by atoms with Crippen molar-refractivity contribution in [2.75, 3.05) is 7.11 Å². The number of halogens is 1. The van der Waals surface area contributed by atoms with Gasteiger partial charge in [0.05, 0.1) is 11.8 Å². The molecule has 3 heteroatoms. The molecule has 0 bridgehead atoms. The Labute approximate surface area is 92.3 Å². The third-order valence-corrected chi connectivity index (χ3v) is 3.78. The van der Waals surface area contributed by atoms with Crippen molar-refractivity contribution in [3.05, 3.63) is 28.6 Å². The predicted molar refractivity (Wildman–Crippen MR) is 62.7 cm³/mol. The van der Waals surface area contributed by atoms with Crippen LogP contribution in [0.2, 0.25) is 0 Å². The van der Waals surface area contributed by atoms with Gasteiger partial charge in [-0.05, 0) is 18.6 Å². The number of hydrogen-bond donors (Lipinski definition) is 0. The average Bonchev–Trinajstić information content (AvgIpc) is 2.52. The molecule has 2 rings (SSSR count). The minimum absolute atomic E-state index is 0.568. The minimum atomic E-state index is 0.568. The molecule has 0 radical (unpaired) electrons. The van der Waals surface area contributed by atoms with Gasteiger partial charge in [-0.2, -0.15) is 0 Å². The molecule has 1 aromatic heterocycles. The molecule has 1 heterocycles. The zero-order chi connectivity index (χ0) is 10.1. The summed E-state index contributed by atoms with van der Waals surface area (Å²) >= 11 is 7.66. The standard InChI is InChI=1S/C11H11ClOS/c1-7-9(6-12)8-4-3-5-10(13-2)11(8)14-7/h3-5H,6H2,1-2H3. The molecule has 0 aliphatic heterocycles. The van der Waals surface area contributed by atoms with Crippen LogP contribution in [-0.4, -0.2) is 7.11 Å². The van der Waals surface area contributed by atoms with Gasteiger partial charge in [0.2, 0.25) is 0 Å². The molecule has 0 saturated heterocycles. The van der Waals surface area contributed by atoms with E-state index in [-0.39, 0.29) is 0 Å². The fourth-order valence-electron chi connectivity index (χ4n) is 1.59. The van der Waals surface area contributed by atoms with Crippen molar-refractivity contribution in [1.82, 2.24) is 0 Å². The van der Waals surface area contributed by atoms with E-state index in [0.29, 0.717) is 5.88 Å². The SMILES string of the molecule is COc1cccc2c(CCl)c(C)sc12. The van der Waals surface area contributed by atoms with Crippen molar-refractivity contribution in [3.63, 3.8) is 0 Å². The van der Waals surface area contributed by atoms with E-state index >= 15 is 0 Å². The number of thiophene rings is 1. The Balaban J connectivity index is 2.79. The van der Waals surface area contributed by atoms with Crippen molar-refractivity contribution >= 4 is 33.0 Å². The molecular weight excluding hydrogens is 216 g/mol. The molecule has 74 valence electrons. The van der Waals surface area contributed by atoms with Crippen LogP contribution in [0.5, 0.6) is 5.75 Å². The Kier molecular flexibility index (Phi) is 2.66. The highest BCUT2D eigenvalue weighted by Crippen LogP contribution is 2.37. The maximum absolute atomic E-state index is 5.91. The van der Waals surface area contributed by atoms with Gasteiger partial charge in [-0.3, -0.25) is 0 Å². The fraction of sp³-hybridized carbons (Fsp3) is 0.273. The van der Waals surface area contributed by atoms with Gasteiger partial charge in [0.15, 0.2) is 0 Å². The molecule has 0 spiro atoms. The summed E-state index contributed by atoms with van der Waals surface area (Å²) in [4.78, 5) is 1.28. The van der Waals surface area contributed by atoms with E-state index in [9.17, 15) is 0 Å². The molecular formula is C11H11ClOS. The molecule has 0 fully saturated rings. The van der Waals surface area contributed by atoms with Crippen LogP contribution in [0.3, 0.4) is 0 Å². The summed E-state index contributed by atoms with van der Waals surface area (Å²) in [7, 11) is 1.70. The second-order valence-corrected chi connectivity index (χ2v) is 4.60. The van der Waals surface area contributed by atoms with Crippen molar-refractivity contribution in [3.8, 4) is 5.75 Å². The molecule has 2 aromatic rings. The van der Waals surface area contributed by atoms with E-state index in [2.05, 4.69) is 13.0 Å². The number of aryl methyl sites for hydroxylation is 1. The van der Waals surface area contributed by atoms with Gasteiger partial charge < -0.3 is 4.74 Å². The zero-order valence-electron chi connectivity index (χ0n) is 8.13. The normalized spacial score (nSPS) is 10.8. The molecule has 0 unspecified atom stereocenters. The second-order valence-electron chi connectivity index (χ2n) is 3.11. The Morgan fingerprint density at radius 3 is 2.86 bits per heavy atom. The first-order chi connectivity index (χ1) is 6.77. The van der Waals surface area contributed by atoms with Gasteiger partial charge in [0.1, 0.15) is 5.75 Å². The summed E-state index contributed by atoms with van der Waals surface area (Å²) in [6.45, 7) is 2.10. The molecule has 14 heavy (non-hydrogen) atoms. The number of hydrogen-bond acceptors (Lipinski definition) is 2. The Bertz CT molecular complexity index is 462. The smallest absolute Gasteiger partial charge is 0.136 e. The summed E-state index contributed by atoms with van der Waals surface area (Å²) in [5.74, 6) is 1.51. The number of fused-ring (bicyclic) bond motifs is 1. The van der Waals surface area contributed by atoms with Gasteiger partial charge in [0, 0.05) is 16.1 Å². The summed E-state index contributed by atoms with van der Waals surface area (Å²) < 4.78 is 6.50. The van der Waals surface area contributed by atoms with E-state index in [1.165, 1.54) is 20.5 Å². The van der Waals surface area contributed by atoms with Crippen LogP contribution in [-0.2, 0) is 5.88 Å². The summed E-state index contributed by atoms with van der Waals surface area (Å²) in [6, 6.07) is 6.08. The van der Waals surface area contributed by atoms with Gasteiger partial charge >= 0.3 is 0 Å². The predicted octanol–water partition coefficient (Wildman–Crippen LogP) is 3.96. The van der Waals surface area contributed by atoms with Crippen molar-refractivity contribution < 1.29 is 4.74 Å². The van der Waals surface area contributed by atoms with Crippen molar-refractivity contribution in [2.45, 2.75) is 12.8 Å². The van der Waals surface area contributed by atoms with E-state index in [1.807, 2.05) is 12.1 Å². The van der Waals surface area contributed by atoms with Crippen LogP contribution in [0.4, 0.5) is 0 Å². The summed E-state index contributed by atoms with van der Waals surface area (Å²) in [5, 5.41) is 1.22. The lowest BCUT2D eigenvalue weighted by Gasteiger charge is -2.00. The van der Waals surface area contributed by atoms with Crippen LogP contribution in [0.15, 0.2) is 18.2 Å². The lowest BCUT2D eigenvalue weighted by molar-refractivity contribution is 0.420. The Hall–Kier alpha value is -0.730. The number of methoxy groups -OCH3 is 1. The first-order valence-corrected chi connectivity index (χ1v) is 5.74. The number of rotatable bonds is 2. The third kappa shape index (κ3) is 1.39. The molecule has 1 aromatic carbocycles. The van der Waals surface area contributed by atoms with E-state index in [4.69, 9.17) is 16.3 Å². The highest BCUT2D eigenvalue weighted by molar-refractivity contribution is 7.19. The Morgan fingerprint density at radius 1 is 1.43 bits per heavy atom. The van der Waals surface area contributed by atoms with Crippen LogP contribution >= 0.6 is 22.9 Å². The highest BCUT2D eigenvalue weighted by Gasteiger charge is 2.10. The number of ether oxygens (including phenoxy) is 1. The third-order valence-electron chi connectivity index (χ3n) is 2.34. The molecule has 0 aliphatic carbocycles. The molecule has 0 saturated carbocycles. The fourth-order valence-corrected chi connectivity index (χ4v) is 3.18. The van der Waals surface area contributed by atoms with Crippen molar-refractivity contribution in [2.24, 2.45) is 0 Å². The van der Waals surface area contributed by atoms with Gasteiger partial charge in [-0.1, -0.05) is 12.1 Å². The van der Waals surface area contributed by atoms with E-state index < -0.39 is 0 Å². The summed E-state index contributed by atoms with van der Waals surface area (Å²) in [6.07, 6.45) is 0. The van der Waals surface area contributed by atoms with E-state index in [1.54, 1.807) is 18.4 Å². The van der Waals surface area contributed by atoms with Crippen LogP contribution < -0.4 is 4.74 Å². The monoisotopic (exact) mass is 226 g/mol. The first-order valence-electron chi connectivity index (χ1n) is 4.39. The van der Waals surface area contributed by atoms with E-state index in [0.717, 1.165) is 5.75 Å². The van der Waals surface area contributed by atoms with Crippen molar-refractivity contribution in [1.29, 1.82) is 0 Å². The molecule has 0 atom stereocenters. The number of benzene rings is 1. The molecule has 1 nitrogen and oxygen atoms in total. The first kappa shape index (κ1) is 9.81. The quantitative estimate of drug-likeness (QED) is 0.705. The molecule has 0 aliphatic rings. The molecule has 0 amide bonds. The minimum Gasteiger partial charge on any atom is -0.495 e. The number of alkyl halides is 1. The lowest BCUT2D eigenvalue weighted by atomic mass is 10.1. The zero-order valence-corrected chi connectivity index (χ0v) is 9.71. The lowest BCUT2D eigenvalue weighted by Crippen LogP contribution is -1.82. The highest BCUT2D eigenvalue weighted by atomic mass is 35.5. The maximum Gasteiger partial charge on any atom is 0.136 e. The van der Waals surface area contributed by atoms with Gasteiger partial charge in [0.25, 0.3) is 0 Å². The molecule has 0 N–H and O–H groups in total. The van der Waals surface area contributed by atoms with Gasteiger partial charge in [-0.15, -0.1) is 22.9 Å². The van der Waals surface area contributed by atoms with Crippen LogP contribution in [0.25, 0.3) is 10.1 Å². The second kappa shape index (κ2) is 3.79. The topological polar surface area (TPSA) is 9.23 Å². The van der Waals surface area contributed by atoms with Gasteiger partial charge in [-0.25, -0.2) is 0 Å². The van der Waals surface area contributed by atoms with Crippen LogP contribution in [0, 0.1) is 6.92 Å². The largest absolute Gasteiger partial charge is 0.495 e. The summed E-state index contributed by atoms with van der Waals surface area (Å²) in [5.41, 5.74) is 1.23. The Morgan fingerprint density at radius 2 is 2.21 bits per heavy atom. The average molecular weight is 227 g/mol. The van der Waals surface area contributed by atoms with Crippen LogP contribution in [0.1, 0.15) is 10.4 Å².